The predicted octanol–water partition coefficient (Wildman–Crippen LogP) is 3.42. The quantitative estimate of drug-likeness (QED) is 0.370. The lowest BCUT2D eigenvalue weighted by Crippen LogP contribution is -2.24. The first-order valence-electron chi connectivity index (χ1n) is 11.7. The maximum atomic E-state index is 11.9. The number of aryl methyl sites for hydroxylation is 1. The molecule has 0 fully saturated rings. The van der Waals surface area contributed by atoms with E-state index >= 15 is 0 Å². The molecule has 1 aliphatic heterocycles. The van der Waals surface area contributed by atoms with E-state index in [2.05, 4.69) is 19.9 Å². The van der Waals surface area contributed by atoms with Crippen LogP contribution in [0.3, 0.4) is 0 Å². The maximum absolute atomic E-state index is 11.9. The zero-order valence-electron chi connectivity index (χ0n) is 20.3. The molecule has 0 spiro atoms. The first-order chi connectivity index (χ1) is 17.8. The third kappa shape index (κ3) is 4.66. The van der Waals surface area contributed by atoms with Crippen LogP contribution in [0.15, 0.2) is 67.3 Å². The largest absolute Gasteiger partial charge is 0.339 e. The van der Waals surface area contributed by atoms with Gasteiger partial charge >= 0.3 is 0 Å². The molecule has 37 heavy (non-hydrogen) atoms. The predicted molar refractivity (Wildman–Crippen MR) is 138 cm³/mol. The highest BCUT2D eigenvalue weighted by atomic mass is 32.2. The lowest BCUT2D eigenvalue weighted by atomic mass is 10.0. The van der Waals surface area contributed by atoms with Crippen molar-refractivity contribution in [2.75, 3.05) is 6.26 Å². The topological polar surface area (TPSA) is 123 Å². The van der Waals surface area contributed by atoms with Crippen molar-refractivity contribution in [3.63, 3.8) is 0 Å². The van der Waals surface area contributed by atoms with Crippen molar-refractivity contribution in [3.05, 3.63) is 89.9 Å². The van der Waals surface area contributed by atoms with Gasteiger partial charge in [-0.2, -0.15) is 9.40 Å². The van der Waals surface area contributed by atoms with E-state index < -0.39 is 10.0 Å². The van der Waals surface area contributed by atoms with Crippen LogP contribution in [0.1, 0.15) is 22.6 Å². The van der Waals surface area contributed by atoms with Crippen molar-refractivity contribution in [1.29, 1.82) is 0 Å². The van der Waals surface area contributed by atoms with Crippen LogP contribution in [-0.2, 0) is 29.7 Å². The summed E-state index contributed by atoms with van der Waals surface area (Å²) in [5, 5.41) is 4.90. The van der Waals surface area contributed by atoms with Crippen molar-refractivity contribution in [1.82, 2.24) is 39.0 Å². The molecule has 1 aliphatic rings. The summed E-state index contributed by atoms with van der Waals surface area (Å²) in [5.41, 5.74) is 7.62. The highest BCUT2D eigenvalue weighted by Crippen LogP contribution is 2.33. The third-order valence-corrected chi connectivity index (χ3v) is 7.49. The molecule has 6 heterocycles. The van der Waals surface area contributed by atoms with Gasteiger partial charge in [0.25, 0.3) is 0 Å². The number of H-pyrrole nitrogens is 1. The fraction of sp³-hybridized carbons (Fsp3) is 0.192. The summed E-state index contributed by atoms with van der Waals surface area (Å²) in [6, 6.07) is 13.7. The molecular weight excluding hydrogens is 488 g/mol. The lowest BCUT2D eigenvalue weighted by Gasteiger charge is -2.11. The van der Waals surface area contributed by atoms with Crippen LogP contribution in [0.5, 0.6) is 0 Å². The number of rotatable bonds is 6. The maximum Gasteiger partial charge on any atom is 0.211 e. The summed E-state index contributed by atoms with van der Waals surface area (Å²) in [5.74, 6) is 0.611. The third-order valence-electron chi connectivity index (χ3n) is 6.29. The number of sulfonamides is 1. The van der Waals surface area contributed by atoms with Gasteiger partial charge in [0.2, 0.25) is 10.0 Å². The Morgan fingerprint density at radius 2 is 1.84 bits per heavy atom. The summed E-state index contributed by atoms with van der Waals surface area (Å²) in [4.78, 5) is 21.3. The molecule has 0 aromatic carbocycles. The fourth-order valence-corrected chi connectivity index (χ4v) is 5.16. The highest BCUT2D eigenvalue weighted by Gasteiger charge is 2.29. The van der Waals surface area contributed by atoms with Crippen LogP contribution in [0, 0.1) is 6.92 Å². The normalized spacial score (nSPS) is 13.7. The second-order valence-corrected chi connectivity index (χ2v) is 11.1. The van der Waals surface area contributed by atoms with Crippen LogP contribution in [-0.4, -0.2) is 53.7 Å². The SMILES string of the molecule is Cc1cccc(-c2nn(Cc3ccncc3)cc2-c2ccnc(-c3nc4c([nH]3)CN(S(C)(=O)=O)C4)c2)n1. The second-order valence-electron chi connectivity index (χ2n) is 9.08. The molecule has 0 atom stereocenters. The zero-order chi connectivity index (χ0) is 25.6. The van der Waals surface area contributed by atoms with Crippen LogP contribution < -0.4 is 0 Å². The Morgan fingerprint density at radius 3 is 2.59 bits per heavy atom. The standard InChI is InChI=1S/C26H24N8O2S/c1-17-4-3-5-21(29-17)25-20(14-33(32-25)13-18-6-9-27-10-7-18)19-8-11-28-22(12-19)26-30-23-15-34(37(2,35)36)16-24(23)31-26/h3-12,14H,13,15-16H2,1-2H3,(H,30,31). The van der Waals surface area contributed by atoms with E-state index in [4.69, 9.17) is 10.1 Å². The van der Waals surface area contributed by atoms with E-state index in [0.717, 1.165) is 45.2 Å². The van der Waals surface area contributed by atoms with E-state index in [9.17, 15) is 8.42 Å². The lowest BCUT2D eigenvalue weighted by molar-refractivity contribution is 0.431. The number of aromatic nitrogens is 7. The first kappa shape index (κ1) is 23.2. The van der Waals surface area contributed by atoms with Gasteiger partial charge in [-0.3, -0.25) is 19.6 Å². The Kier molecular flexibility index (Phi) is 5.65. The van der Waals surface area contributed by atoms with Gasteiger partial charge in [0.15, 0.2) is 5.82 Å². The van der Waals surface area contributed by atoms with Crippen molar-refractivity contribution >= 4 is 10.0 Å². The monoisotopic (exact) mass is 512 g/mol. The van der Waals surface area contributed by atoms with Crippen molar-refractivity contribution < 1.29 is 8.42 Å². The fourth-order valence-electron chi connectivity index (χ4n) is 4.44. The number of hydrogen-bond acceptors (Lipinski definition) is 7. The van der Waals surface area contributed by atoms with E-state index in [-0.39, 0.29) is 13.1 Å². The average Bonchev–Trinajstić information content (AvgIpc) is 3.58. The molecule has 0 saturated heterocycles. The number of aromatic amines is 1. The summed E-state index contributed by atoms with van der Waals surface area (Å²) < 4.78 is 27.1. The van der Waals surface area contributed by atoms with E-state index in [1.165, 1.54) is 10.6 Å². The molecule has 6 rings (SSSR count). The molecule has 5 aromatic heterocycles. The molecule has 10 nitrogen and oxygen atoms in total. The molecule has 0 amide bonds. The Bertz CT molecular complexity index is 1690. The zero-order valence-corrected chi connectivity index (χ0v) is 21.1. The smallest absolute Gasteiger partial charge is 0.211 e. The first-order valence-corrected chi connectivity index (χ1v) is 13.6. The number of pyridine rings is 3. The van der Waals surface area contributed by atoms with E-state index in [1.807, 2.05) is 60.3 Å². The molecule has 0 aliphatic carbocycles. The van der Waals surface area contributed by atoms with E-state index in [0.29, 0.717) is 18.1 Å². The Morgan fingerprint density at radius 1 is 1.00 bits per heavy atom. The number of fused-ring (bicyclic) bond motifs is 1. The molecular formula is C26H24N8O2S. The molecule has 186 valence electrons. The van der Waals surface area contributed by atoms with Crippen molar-refractivity contribution in [3.8, 4) is 34.0 Å². The van der Waals surface area contributed by atoms with Gasteiger partial charge in [0, 0.05) is 36.0 Å². The van der Waals surface area contributed by atoms with Crippen molar-refractivity contribution in [2.24, 2.45) is 0 Å². The molecule has 0 unspecified atom stereocenters. The Balaban J connectivity index is 1.38. The molecule has 1 N–H and O–H groups in total. The van der Waals surface area contributed by atoms with Crippen LogP contribution >= 0.6 is 0 Å². The van der Waals surface area contributed by atoms with Crippen LogP contribution in [0.25, 0.3) is 34.0 Å². The number of nitrogens with one attached hydrogen (secondary N) is 1. The molecule has 5 aromatic rings. The summed E-state index contributed by atoms with van der Waals surface area (Å²) in [7, 11) is -3.28. The summed E-state index contributed by atoms with van der Waals surface area (Å²) in [6.07, 6.45) is 8.52. The second kappa shape index (κ2) is 9.02. The number of hydrogen-bond donors (Lipinski definition) is 1. The average molecular weight is 513 g/mol. The van der Waals surface area contributed by atoms with Gasteiger partial charge in [-0.25, -0.2) is 13.4 Å². The van der Waals surface area contributed by atoms with Gasteiger partial charge in [-0.05, 0) is 54.4 Å². The number of imidazole rings is 1. The minimum absolute atomic E-state index is 0.259. The van der Waals surface area contributed by atoms with Crippen molar-refractivity contribution in [2.45, 2.75) is 26.6 Å². The highest BCUT2D eigenvalue weighted by molar-refractivity contribution is 7.88. The minimum Gasteiger partial charge on any atom is -0.339 e. The van der Waals surface area contributed by atoms with Crippen LogP contribution in [0.2, 0.25) is 0 Å². The molecule has 0 radical (unpaired) electrons. The van der Waals surface area contributed by atoms with Gasteiger partial charge in [0.1, 0.15) is 11.4 Å². The molecule has 11 heteroatoms. The number of nitrogens with zero attached hydrogens (tertiary/aromatic N) is 7. The van der Waals surface area contributed by atoms with Gasteiger partial charge in [-0.15, -0.1) is 0 Å². The van der Waals surface area contributed by atoms with Gasteiger partial charge in [0.05, 0.1) is 43.0 Å². The van der Waals surface area contributed by atoms with Gasteiger partial charge in [-0.1, -0.05) is 6.07 Å². The molecule has 0 saturated carbocycles. The van der Waals surface area contributed by atoms with E-state index in [1.54, 1.807) is 18.6 Å². The Labute approximate surface area is 214 Å². The summed E-state index contributed by atoms with van der Waals surface area (Å²) in [6.45, 7) is 3.10. The molecule has 0 bridgehead atoms. The van der Waals surface area contributed by atoms with Gasteiger partial charge < -0.3 is 4.98 Å². The minimum atomic E-state index is -3.28. The Hall–Kier alpha value is -4.22. The van der Waals surface area contributed by atoms with Crippen LogP contribution in [0.4, 0.5) is 0 Å². The summed E-state index contributed by atoms with van der Waals surface area (Å²) >= 11 is 0.